The van der Waals surface area contributed by atoms with Crippen molar-refractivity contribution in [2.24, 2.45) is 0 Å². The van der Waals surface area contributed by atoms with Crippen molar-refractivity contribution in [1.82, 2.24) is 4.31 Å². The van der Waals surface area contributed by atoms with Gasteiger partial charge in [-0.05, 0) is 36.2 Å². The van der Waals surface area contributed by atoms with Crippen LogP contribution in [0.3, 0.4) is 0 Å². The van der Waals surface area contributed by atoms with Crippen molar-refractivity contribution in [3.63, 3.8) is 0 Å². The third kappa shape index (κ3) is 3.51. The quantitative estimate of drug-likeness (QED) is 0.582. The molecule has 4 rings (SSSR count). The SMILES string of the molecule is COC(=O)[C@@H]1c2ccccc2C(=O)N(S(=O)(=O)c2ccc(C)cc2)[C@H]1c1ccccc1. The standard InChI is InChI=1S/C24H21NO5S/c1-16-12-14-18(15-13-16)31(28,29)25-22(17-8-4-3-5-9-17)21(24(27)30-2)19-10-6-7-11-20(19)23(25)26/h3-15,21-22H,1-2H3/t21-,22+/m1/s1. The number of hydrogen-bond donors (Lipinski definition) is 0. The normalized spacial score (nSPS) is 18.4. The molecule has 0 bridgehead atoms. The Bertz CT molecular complexity index is 1240. The van der Waals surface area contributed by atoms with Gasteiger partial charge in [-0.1, -0.05) is 66.2 Å². The lowest BCUT2D eigenvalue weighted by molar-refractivity contribution is -0.143. The van der Waals surface area contributed by atoms with Gasteiger partial charge in [0.05, 0.1) is 18.0 Å². The fraction of sp³-hybridized carbons (Fsp3) is 0.167. The molecule has 7 heteroatoms. The molecule has 2 atom stereocenters. The number of rotatable bonds is 4. The maximum atomic E-state index is 13.7. The third-order valence-electron chi connectivity index (χ3n) is 5.47. The van der Waals surface area contributed by atoms with Crippen LogP contribution in [0.15, 0.2) is 83.8 Å². The maximum Gasteiger partial charge on any atom is 0.315 e. The second kappa shape index (κ2) is 8.00. The fourth-order valence-corrected chi connectivity index (χ4v) is 5.52. The van der Waals surface area contributed by atoms with E-state index >= 15 is 0 Å². The van der Waals surface area contributed by atoms with Crippen LogP contribution in [0, 0.1) is 6.92 Å². The van der Waals surface area contributed by atoms with Crippen molar-refractivity contribution in [2.75, 3.05) is 7.11 Å². The second-order valence-electron chi connectivity index (χ2n) is 7.36. The van der Waals surface area contributed by atoms with Gasteiger partial charge in [0.2, 0.25) is 0 Å². The Hall–Kier alpha value is -3.45. The van der Waals surface area contributed by atoms with Crippen LogP contribution in [0.2, 0.25) is 0 Å². The molecule has 3 aromatic rings. The minimum atomic E-state index is -4.27. The maximum absolute atomic E-state index is 13.7. The predicted octanol–water partition coefficient (Wildman–Crippen LogP) is 3.84. The summed E-state index contributed by atoms with van der Waals surface area (Å²) in [5.41, 5.74) is 2.03. The average molecular weight is 436 g/mol. The fourth-order valence-electron chi connectivity index (χ4n) is 3.96. The highest BCUT2D eigenvalue weighted by Crippen LogP contribution is 2.45. The Kier molecular flexibility index (Phi) is 5.37. The van der Waals surface area contributed by atoms with Gasteiger partial charge in [0.25, 0.3) is 15.9 Å². The lowest BCUT2D eigenvalue weighted by Crippen LogP contribution is -2.48. The summed E-state index contributed by atoms with van der Waals surface area (Å²) in [5, 5.41) is 0. The summed E-state index contributed by atoms with van der Waals surface area (Å²) in [6.45, 7) is 1.85. The monoisotopic (exact) mass is 435 g/mol. The smallest absolute Gasteiger partial charge is 0.315 e. The third-order valence-corrected chi connectivity index (χ3v) is 7.25. The lowest BCUT2D eigenvalue weighted by atomic mass is 9.81. The zero-order chi connectivity index (χ0) is 22.2. The average Bonchev–Trinajstić information content (AvgIpc) is 2.79. The van der Waals surface area contributed by atoms with Crippen molar-refractivity contribution < 1.29 is 22.7 Å². The molecule has 1 amide bonds. The summed E-state index contributed by atoms with van der Waals surface area (Å²) in [6, 6.07) is 20.4. The van der Waals surface area contributed by atoms with Crippen LogP contribution in [0.4, 0.5) is 0 Å². The largest absolute Gasteiger partial charge is 0.468 e. The molecule has 0 N–H and O–H groups in total. The lowest BCUT2D eigenvalue weighted by Gasteiger charge is -2.40. The van der Waals surface area contributed by atoms with Crippen LogP contribution in [0.25, 0.3) is 0 Å². The van der Waals surface area contributed by atoms with Crippen LogP contribution < -0.4 is 0 Å². The Balaban J connectivity index is 2.00. The first kappa shape index (κ1) is 20.8. The predicted molar refractivity (Wildman–Crippen MR) is 115 cm³/mol. The van der Waals surface area contributed by atoms with Gasteiger partial charge in [0, 0.05) is 5.56 Å². The second-order valence-corrected chi connectivity index (χ2v) is 9.18. The molecule has 0 spiro atoms. The van der Waals surface area contributed by atoms with Gasteiger partial charge in [-0.3, -0.25) is 9.59 Å². The van der Waals surface area contributed by atoms with Gasteiger partial charge in [0.1, 0.15) is 5.92 Å². The van der Waals surface area contributed by atoms with Crippen LogP contribution >= 0.6 is 0 Å². The number of amides is 1. The van der Waals surface area contributed by atoms with E-state index in [1.165, 1.54) is 25.3 Å². The van der Waals surface area contributed by atoms with Crippen molar-refractivity contribution in [3.05, 3.63) is 101 Å². The summed E-state index contributed by atoms with van der Waals surface area (Å²) in [6.07, 6.45) is 0. The zero-order valence-corrected chi connectivity index (χ0v) is 17.9. The number of esters is 1. The molecule has 6 nitrogen and oxygen atoms in total. The Morgan fingerprint density at radius 1 is 0.903 bits per heavy atom. The van der Waals surface area contributed by atoms with Crippen LogP contribution in [0.5, 0.6) is 0 Å². The Morgan fingerprint density at radius 3 is 2.16 bits per heavy atom. The molecule has 0 aliphatic carbocycles. The van der Waals surface area contributed by atoms with E-state index in [-0.39, 0.29) is 10.5 Å². The molecular formula is C24H21NO5S. The number of nitrogens with zero attached hydrogens (tertiary/aromatic N) is 1. The Morgan fingerprint density at radius 2 is 1.52 bits per heavy atom. The molecule has 1 aliphatic rings. The number of carbonyl (C=O) groups excluding carboxylic acids is 2. The number of carbonyl (C=O) groups is 2. The molecule has 0 fully saturated rings. The molecule has 1 aliphatic heterocycles. The van der Waals surface area contributed by atoms with E-state index in [9.17, 15) is 18.0 Å². The number of sulfonamides is 1. The number of methoxy groups -OCH3 is 1. The van der Waals surface area contributed by atoms with Gasteiger partial charge in [-0.2, -0.15) is 0 Å². The first-order valence-electron chi connectivity index (χ1n) is 9.73. The highest BCUT2D eigenvalue weighted by atomic mass is 32.2. The molecular weight excluding hydrogens is 414 g/mol. The van der Waals surface area contributed by atoms with Gasteiger partial charge in [-0.15, -0.1) is 0 Å². The van der Waals surface area contributed by atoms with E-state index in [4.69, 9.17) is 4.74 Å². The molecule has 31 heavy (non-hydrogen) atoms. The Labute approximate surface area is 181 Å². The van der Waals surface area contributed by atoms with E-state index in [0.717, 1.165) is 9.87 Å². The van der Waals surface area contributed by atoms with Crippen LogP contribution in [-0.4, -0.2) is 31.7 Å². The summed E-state index contributed by atoms with van der Waals surface area (Å²) in [7, 11) is -3.01. The first-order valence-corrected chi connectivity index (χ1v) is 11.2. The number of ether oxygens (including phenoxy) is 1. The van der Waals surface area contributed by atoms with E-state index in [1.54, 1.807) is 60.7 Å². The van der Waals surface area contributed by atoms with Crippen molar-refractivity contribution in [1.29, 1.82) is 0 Å². The molecule has 3 aromatic carbocycles. The van der Waals surface area contributed by atoms with E-state index < -0.39 is 33.9 Å². The number of fused-ring (bicyclic) bond motifs is 1. The summed E-state index contributed by atoms with van der Waals surface area (Å²) < 4.78 is 33.3. The van der Waals surface area contributed by atoms with Gasteiger partial charge in [-0.25, -0.2) is 12.7 Å². The highest BCUT2D eigenvalue weighted by Gasteiger charge is 2.49. The molecule has 0 saturated heterocycles. The van der Waals surface area contributed by atoms with Crippen molar-refractivity contribution >= 4 is 21.9 Å². The minimum absolute atomic E-state index is 0.0182. The van der Waals surface area contributed by atoms with Gasteiger partial charge in [0.15, 0.2) is 0 Å². The number of aryl methyl sites for hydroxylation is 1. The van der Waals surface area contributed by atoms with E-state index in [2.05, 4.69) is 0 Å². The van der Waals surface area contributed by atoms with Gasteiger partial charge >= 0.3 is 5.97 Å². The van der Waals surface area contributed by atoms with Gasteiger partial charge < -0.3 is 4.74 Å². The molecule has 158 valence electrons. The molecule has 1 heterocycles. The molecule has 0 radical (unpaired) electrons. The number of hydrogen-bond acceptors (Lipinski definition) is 5. The van der Waals surface area contributed by atoms with Crippen LogP contribution in [0.1, 0.15) is 39.0 Å². The van der Waals surface area contributed by atoms with Crippen molar-refractivity contribution in [2.45, 2.75) is 23.8 Å². The summed E-state index contributed by atoms with van der Waals surface area (Å²) in [5.74, 6) is -2.29. The number of benzene rings is 3. The van der Waals surface area contributed by atoms with Crippen LogP contribution in [-0.2, 0) is 19.6 Å². The zero-order valence-electron chi connectivity index (χ0n) is 17.1. The van der Waals surface area contributed by atoms with E-state index in [1.807, 2.05) is 6.92 Å². The summed E-state index contributed by atoms with van der Waals surface area (Å²) in [4.78, 5) is 26.4. The molecule has 0 saturated carbocycles. The first-order chi connectivity index (χ1) is 14.9. The molecule has 0 aromatic heterocycles. The summed E-state index contributed by atoms with van der Waals surface area (Å²) >= 11 is 0. The minimum Gasteiger partial charge on any atom is -0.468 e. The highest BCUT2D eigenvalue weighted by molar-refractivity contribution is 7.89. The van der Waals surface area contributed by atoms with E-state index in [0.29, 0.717) is 11.1 Å². The topological polar surface area (TPSA) is 80.8 Å². The molecule has 0 unspecified atom stereocenters. The van der Waals surface area contributed by atoms with Crippen molar-refractivity contribution in [3.8, 4) is 0 Å².